The summed E-state index contributed by atoms with van der Waals surface area (Å²) in [5, 5.41) is 11.8. The van der Waals surface area contributed by atoms with Crippen molar-refractivity contribution in [3.63, 3.8) is 0 Å². The van der Waals surface area contributed by atoms with E-state index in [0.717, 1.165) is 16.7 Å². The lowest BCUT2D eigenvalue weighted by atomic mass is 10.1. The van der Waals surface area contributed by atoms with E-state index in [4.69, 9.17) is 21.7 Å². The van der Waals surface area contributed by atoms with Crippen LogP contribution in [0.4, 0.5) is 0 Å². The lowest BCUT2D eigenvalue weighted by Gasteiger charge is -2.27. The van der Waals surface area contributed by atoms with E-state index in [1.165, 1.54) is 0 Å². The highest BCUT2D eigenvalue weighted by Gasteiger charge is 2.38. The molecule has 3 rings (SSSR count). The largest absolute Gasteiger partial charge is 0.547 e. The monoisotopic (exact) mass is 442 g/mol. The van der Waals surface area contributed by atoms with E-state index < -0.39 is 17.9 Å². The maximum Gasteiger partial charge on any atom is 0.267 e. The van der Waals surface area contributed by atoms with Crippen molar-refractivity contribution in [2.75, 3.05) is 13.2 Å². The Morgan fingerprint density at radius 3 is 2.43 bits per heavy atom. The van der Waals surface area contributed by atoms with Crippen LogP contribution in [0.5, 0.6) is 11.5 Å². The molecule has 0 aromatic heterocycles. The molecule has 30 heavy (non-hydrogen) atoms. The Labute approximate surface area is 184 Å². The molecule has 0 radical (unpaired) electrons. The molecule has 1 aliphatic heterocycles. The Morgan fingerprint density at radius 2 is 1.80 bits per heavy atom. The first-order chi connectivity index (χ1) is 14.5. The highest BCUT2D eigenvalue weighted by atomic mass is 32.2. The first-order valence-corrected chi connectivity index (χ1v) is 10.6. The van der Waals surface area contributed by atoms with Gasteiger partial charge in [0.25, 0.3) is 5.91 Å². The first kappa shape index (κ1) is 21.9. The van der Waals surface area contributed by atoms with Gasteiger partial charge in [-0.2, -0.15) is 0 Å². The lowest BCUT2D eigenvalue weighted by molar-refractivity contribution is -0.310. The van der Waals surface area contributed by atoms with Gasteiger partial charge in [-0.3, -0.25) is 9.69 Å². The normalized spacial score (nSPS) is 16.1. The number of carbonyl (C=O) groups is 2. The molecule has 1 fully saturated rings. The lowest BCUT2D eigenvalue weighted by Crippen LogP contribution is -2.43. The van der Waals surface area contributed by atoms with E-state index >= 15 is 0 Å². The second kappa shape index (κ2) is 9.77. The number of amides is 1. The SMILES string of the molecule is CCOc1ccc(/C=C2\SC(=S)N([C@H](C(=O)[O-])c3ccccc3)C2=O)cc1OCC. The molecule has 1 amide bonds. The van der Waals surface area contributed by atoms with Crippen LogP contribution < -0.4 is 14.6 Å². The number of rotatable bonds is 8. The molecule has 0 N–H and O–H groups in total. The number of thioether (sulfide) groups is 1. The molecule has 8 heteroatoms. The van der Waals surface area contributed by atoms with Crippen molar-refractivity contribution in [1.82, 2.24) is 4.90 Å². The van der Waals surface area contributed by atoms with Gasteiger partial charge >= 0.3 is 0 Å². The summed E-state index contributed by atoms with van der Waals surface area (Å²) >= 11 is 6.38. The smallest absolute Gasteiger partial charge is 0.267 e. The molecule has 2 aromatic rings. The maximum absolute atomic E-state index is 13.0. The summed E-state index contributed by atoms with van der Waals surface area (Å²) in [4.78, 5) is 26.3. The number of thiocarbonyl (C=S) groups is 1. The molecule has 0 bridgehead atoms. The van der Waals surface area contributed by atoms with Crippen molar-refractivity contribution in [3.8, 4) is 11.5 Å². The zero-order chi connectivity index (χ0) is 21.7. The average molecular weight is 443 g/mol. The van der Waals surface area contributed by atoms with Gasteiger partial charge < -0.3 is 19.4 Å². The number of nitrogens with zero attached hydrogens (tertiary/aromatic N) is 1. The summed E-state index contributed by atoms with van der Waals surface area (Å²) in [5.41, 5.74) is 1.14. The van der Waals surface area contributed by atoms with Crippen LogP contribution in [-0.4, -0.2) is 34.3 Å². The van der Waals surface area contributed by atoms with Crippen LogP contribution in [0, 0.1) is 0 Å². The molecular formula is C22H20NO5S2-. The van der Waals surface area contributed by atoms with Gasteiger partial charge in [-0.25, -0.2) is 0 Å². The quantitative estimate of drug-likeness (QED) is 0.459. The van der Waals surface area contributed by atoms with Gasteiger partial charge in [0, 0.05) is 0 Å². The van der Waals surface area contributed by atoms with Crippen molar-refractivity contribution >= 4 is 46.3 Å². The third kappa shape index (κ3) is 4.66. The van der Waals surface area contributed by atoms with Crippen molar-refractivity contribution < 1.29 is 24.2 Å². The van der Waals surface area contributed by atoms with Crippen LogP contribution in [0.15, 0.2) is 53.4 Å². The highest BCUT2D eigenvalue weighted by Crippen LogP contribution is 2.39. The summed E-state index contributed by atoms with van der Waals surface area (Å²) in [6, 6.07) is 12.5. The van der Waals surface area contributed by atoms with Gasteiger partial charge in [0.2, 0.25) is 0 Å². The average Bonchev–Trinajstić information content (AvgIpc) is 2.99. The Hall–Kier alpha value is -2.84. The van der Waals surface area contributed by atoms with Gasteiger partial charge in [-0.05, 0) is 43.2 Å². The minimum Gasteiger partial charge on any atom is -0.547 e. The van der Waals surface area contributed by atoms with Crippen molar-refractivity contribution in [1.29, 1.82) is 0 Å². The molecule has 6 nitrogen and oxygen atoms in total. The fraction of sp³-hybridized carbons (Fsp3) is 0.227. The van der Waals surface area contributed by atoms with Crippen LogP contribution >= 0.6 is 24.0 Å². The number of aliphatic carboxylic acids is 1. The van der Waals surface area contributed by atoms with Crippen LogP contribution in [0.1, 0.15) is 31.0 Å². The van der Waals surface area contributed by atoms with Crippen LogP contribution in [0.2, 0.25) is 0 Å². The summed E-state index contributed by atoms with van der Waals surface area (Å²) in [6.07, 6.45) is 1.66. The van der Waals surface area contributed by atoms with Gasteiger partial charge in [0.05, 0.1) is 24.1 Å². The summed E-state index contributed by atoms with van der Waals surface area (Å²) in [7, 11) is 0. The Morgan fingerprint density at radius 1 is 1.13 bits per heavy atom. The van der Waals surface area contributed by atoms with E-state index in [-0.39, 0.29) is 4.32 Å². The van der Waals surface area contributed by atoms with Crippen LogP contribution in [0.25, 0.3) is 6.08 Å². The Kier molecular flexibility index (Phi) is 7.12. The predicted molar refractivity (Wildman–Crippen MR) is 118 cm³/mol. The third-order valence-electron chi connectivity index (χ3n) is 4.29. The Bertz CT molecular complexity index is 990. The van der Waals surface area contributed by atoms with Crippen LogP contribution in [-0.2, 0) is 9.59 Å². The van der Waals surface area contributed by atoms with Crippen molar-refractivity contribution in [2.24, 2.45) is 0 Å². The number of benzene rings is 2. The van der Waals surface area contributed by atoms with E-state index in [2.05, 4.69) is 0 Å². The van der Waals surface area contributed by atoms with E-state index in [0.29, 0.717) is 40.7 Å². The number of hydrogen-bond acceptors (Lipinski definition) is 7. The Balaban J connectivity index is 1.93. The van der Waals surface area contributed by atoms with Crippen molar-refractivity contribution in [3.05, 3.63) is 64.6 Å². The number of hydrogen-bond donors (Lipinski definition) is 0. The van der Waals surface area contributed by atoms with Gasteiger partial charge in [-0.15, -0.1) is 0 Å². The molecule has 0 unspecified atom stereocenters. The minimum absolute atomic E-state index is 0.167. The summed E-state index contributed by atoms with van der Waals surface area (Å²) in [5.74, 6) is -0.682. The standard InChI is InChI=1S/C22H21NO5S2/c1-3-27-16-11-10-14(12-17(16)28-4-2)13-18-20(24)23(22(29)30-18)19(21(25)26)15-8-6-5-7-9-15/h5-13,19H,3-4H2,1-2H3,(H,25,26)/p-1/b18-13-/t19-/m0/s1. The zero-order valence-electron chi connectivity index (χ0n) is 16.5. The zero-order valence-corrected chi connectivity index (χ0v) is 18.1. The fourth-order valence-electron chi connectivity index (χ4n) is 3.04. The third-order valence-corrected chi connectivity index (χ3v) is 5.62. The topological polar surface area (TPSA) is 78.9 Å². The molecule has 156 valence electrons. The first-order valence-electron chi connectivity index (χ1n) is 9.38. The van der Waals surface area contributed by atoms with Gasteiger partial charge in [-0.1, -0.05) is 60.4 Å². The summed E-state index contributed by atoms with van der Waals surface area (Å²) in [6.45, 7) is 4.73. The molecule has 0 spiro atoms. The van der Waals surface area contributed by atoms with E-state index in [9.17, 15) is 14.7 Å². The molecule has 1 heterocycles. The predicted octanol–water partition coefficient (Wildman–Crippen LogP) is 3.18. The minimum atomic E-state index is -1.39. The highest BCUT2D eigenvalue weighted by molar-refractivity contribution is 8.26. The summed E-state index contributed by atoms with van der Waals surface area (Å²) < 4.78 is 11.3. The number of ether oxygens (including phenoxy) is 2. The molecule has 0 saturated carbocycles. The van der Waals surface area contributed by atoms with Gasteiger partial charge in [0.1, 0.15) is 10.4 Å². The van der Waals surface area contributed by atoms with E-state index in [1.807, 2.05) is 13.8 Å². The number of carbonyl (C=O) groups excluding carboxylic acids is 2. The van der Waals surface area contributed by atoms with Gasteiger partial charge in [0.15, 0.2) is 11.5 Å². The molecular weight excluding hydrogens is 422 g/mol. The second-order valence-corrected chi connectivity index (χ2v) is 7.93. The maximum atomic E-state index is 13.0. The van der Waals surface area contributed by atoms with E-state index in [1.54, 1.807) is 54.6 Å². The fourth-order valence-corrected chi connectivity index (χ4v) is 4.35. The molecule has 1 atom stereocenters. The molecule has 1 aliphatic rings. The number of carboxylic acids is 1. The van der Waals surface area contributed by atoms with Crippen molar-refractivity contribution in [2.45, 2.75) is 19.9 Å². The second-order valence-electron chi connectivity index (χ2n) is 6.26. The van der Waals surface area contributed by atoms with Crippen LogP contribution in [0.3, 0.4) is 0 Å². The molecule has 2 aromatic carbocycles. The number of carboxylic acid groups (broad SMARTS) is 1. The molecule has 0 aliphatic carbocycles. The molecule has 1 saturated heterocycles.